The number of sulfonamides is 1. The number of carbonyl (C=O) groups is 4. The average Bonchev–Trinajstić information content (AvgIpc) is 2.97. The lowest BCUT2D eigenvalue weighted by atomic mass is 10.0. The van der Waals surface area contributed by atoms with Crippen molar-refractivity contribution < 1.29 is 40.8 Å². The molecule has 1 unspecified atom stereocenters. The third-order valence-electron chi connectivity index (χ3n) is 5.25. The maximum atomic E-state index is 13.1. The summed E-state index contributed by atoms with van der Waals surface area (Å²) in [6, 6.07) is 4.18. The number of fused-ring (bicyclic) bond motifs is 1. The quantitative estimate of drug-likeness (QED) is 0.602. The molecule has 2 aromatic carbocycles. The van der Waals surface area contributed by atoms with E-state index in [1.54, 1.807) is 0 Å². The summed E-state index contributed by atoms with van der Waals surface area (Å²) in [5.74, 6) is -3.02. The van der Waals surface area contributed by atoms with Gasteiger partial charge in [0.25, 0.3) is 21.8 Å². The van der Waals surface area contributed by atoms with Gasteiger partial charge in [-0.25, -0.2) is 8.42 Å². The molecule has 14 heteroatoms. The Labute approximate surface area is 194 Å². The minimum atomic E-state index is -4.89. The second-order valence-corrected chi connectivity index (χ2v) is 9.54. The molecule has 34 heavy (non-hydrogen) atoms. The zero-order valence-electron chi connectivity index (χ0n) is 16.8. The summed E-state index contributed by atoms with van der Waals surface area (Å²) in [5.41, 5.74) is -1.84. The summed E-state index contributed by atoms with van der Waals surface area (Å²) < 4.78 is 66.6. The van der Waals surface area contributed by atoms with Gasteiger partial charge in [-0.3, -0.25) is 34.1 Å². The van der Waals surface area contributed by atoms with E-state index in [0.717, 1.165) is 30.3 Å². The first-order valence-corrected chi connectivity index (χ1v) is 11.4. The highest BCUT2D eigenvalue weighted by Crippen LogP contribution is 2.36. The van der Waals surface area contributed by atoms with Crippen LogP contribution in [0.15, 0.2) is 41.3 Å². The summed E-state index contributed by atoms with van der Waals surface area (Å²) in [7, 11) is -4.53. The molecule has 4 rings (SSSR count). The van der Waals surface area contributed by atoms with Crippen LogP contribution in [0.5, 0.6) is 0 Å². The summed E-state index contributed by atoms with van der Waals surface area (Å²) in [5, 5.41) is 1.37. The topological polar surface area (TPSA) is 130 Å². The SMILES string of the molecule is O=C1CCC(N2C(=O)c3ccc(NS(=O)(=O)c4ccc(Cl)c(C(F)(F)F)c4)cc3C2=O)C(=O)N1. The number of nitrogens with zero attached hydrogens (tertiary/aromatic N) is 1. The van der Waals surface area contributed by atoms with E-state index in [9.17, 15) is 40.8 Å². The summed E-state index contributed by atoms with van der Waals surface area (Å²) >= 11 is 5.52. The molecule has 0 spiro atoms. The molecule has 0 aliphatic carbocycles. The summed E-state index contributed by atoms with van der Waals surface area (Å²) in [4.78, 5) is 49.0. The Morgan fingerprint density at radius 1 is 1.00 bits per heavy atom. The smallest absolute Gasteiger partial charge is 0.295 e. The fraction of sp³-hybridized carbons (Fsp3) is 0.200. The number of benzene rings is 2. The summed E-state index contributed by atoms with van der Waals surface area (Å²) in [6.07, 6.45) is -5.02. The van der Waals surface area contributed by atoms with Crippen LogP contribution in [0.2, 0.25) is 5.02 Å². The number of piperidine rings is 1. The molecular weight excluding hydrogens is 503 g/mol. The number of halogens is 4. The molecule has 178 valence electrons. The van der Waals surface area contributed by atoms with Crippen LogP contribution in [0, 0.1) is 0 Å². The van der Waals surface area contributed by atoms with Crippen LogP contribution < -0.4 is 10.0 Å². The Hall–Kier alpha value is -3.45. The summed E-state index contributed by atoms with van der Waals surface area (Å²) in [6.45, 7) is 0. The second kappa shape index (κ2) is 8.09. The molecule has 0 saturated carbocycles. The Balaban J connectivity index is 1.62. The van der Waals surface area contributed by atoms with Gasteiger partial charge in [0.15, 0.2) is 0 Å². The monoisotopic (exact) mass is 515 g/mol. The minimum absolute atomic E-state index is 0.0618. The first-order chi connectivity index (χ1) is 15.8. The third-order valence-corrected chi connectivity index (χ3v) is 6.95. The normalized spacial score (nSPS) is 18.7. The van der Waals surface area contributed by atoms with Crippen LogP contribution in [0.1, 0.15) is 39.1 Å². The molecule has 2 N–H and O–H groups in total. The molecule has 1 atom stereocenters. The predicted octanol–water partition coefficient (Wildman–Crippen LogP) is 2.56. The molecular formula is C20H13ClF3N3O6S. The van der Waals surface area contributed by atoms with Crippen LogP contribution in [-0.2, 0) is 25.8 Å². The molecule has 2 aliphatic heterocycles. The number of hydrogen-bond donors (Lipinski definition) is 2. The van der Waals surface area contributed by atoms with Crippen molar-refractivity contribution in [1.82, 2.24) is 10.2 Å². The highest BCUT2D eigenvalue weighted by Gasteiger charge is 2.44. The van der Waals surface area contributed by atoms with Gasteiger partial charge in [-0.05, 0) is 42.8 Å². The zero-order chi connectivity index (χ0) is 25.0. The standard InChI is InChI=1S/C20H13ClF3N3O6S/c21-14-4-2-10(8-13(14)20(22,23)24)34(32,33)26-9-1-3-11-12(7-9)19(31)27(18(11)30)15-5-6-16(28)25-17(15)29/h1-4,7-8,15,26H,5-6H2,(H,25,28,29). The maximum Gasteiger partial charge on any atom is 0.417 e. The Morgan fingerprint density at radius 2 is 1.68 bits per heavy atom. The van der Waals surface area contributed by atoms with E-state index in [1.165, 1.54) is 0 Å². The molecule has 2 aromatic rings. The van der Waals surface area contributed by atoms with Crippen molar-refractivity contribution in [3.63, 3.8) is 0 Å². The van der Waals surface area contributed by atoms with Crippen molar-refractivity contribution in [2.45, 2.75) is 30.0 Å². The van der Waals surface area contributed by atoms with Gasteiger partial charge >= 0.3 is 6.18 Å². The minimum Gasteiger partial charge on any atom is -0.295 e. The number of hydrogen-bond acceptors (Lipinski definition) is 6. The van der Waals surface area contributed by atoms with E-state index in [1.807, 2.05) is 5.32 Å². The highest BCUT2D eigenvalue weighted by molar-refractivity contribution is 7.92. The lowest BCUT2D eigenvalue weighted by molar-refractivity contribution is -0.138. The Bertz CT molecular complexity index is 1380. The maximum absolute atomic E-state index is 13.1. The van der Waals surface area contributed by atoms with Gasteiger partial charge in [0.2, 0.25) is 11.8 Å². The van der Waals surface area contributed by atoms with Crippen LogP contribution in [0.25, 0.3) is 0 Å². The van der Waals surface area contributed by atoms with Gasteiger partial charge in [-0.2, -0.15) is 13.2 Å². The average molecular weight is 516 g/mol. The van der Waals surface area contributed by atoms with Crippen molar-refractivity contribution in [3.8, 4) is 0 Å². The number of imide groups is 2. The van der Waals surface area contributed by atoms with E-state index in [0.29, 0.717) is 11.0 Å². The molecule has 1 saturated heterocycles. The van der Waals surface area contributed by atoms with E-state index in [4.69, 9.17) is 11.6 Å². The lowest BCUT2D eigenvalue weighted by Gasteiger charge is -2.27. The van der Waals surface area contributed by atoms with Crippen molar-refractivity contribution >= 4 is 50.9 Å². The Kier molecular flexibility index (Phi) is 5.64. The number of carbonyl (C=O) groups excluding carboxylic acids is 4. The van der Waals surface area contributed by atoms with Crippen molar-refractivity contribution in [1.29, 1.82) is 0 Å². The number of amides is 4. The molecule has 4 amide bonds. The molecule has 2 heterocycles. The van der Waals surface area contributed by atoms with Gasteiger partial charge in [0, 0.05) is 12.1 Å². The van der Waals surface area contributed by atoms with Gasteiger partial charge in [-0.1, -0.05) is 11.6 Å². The van der Waals surface area contributed by atoms with E-state index < -0.39 is 61.4 Å². The second-order valence-electron chi connectivity index (χ2n) is 7.45. The highest BCUT2D eigenvalue weighted by atomic mass is 35.5. The number of anilines is 1. The van der Waals surface area contributed by atoms with Crippen molar-refractivity contribution in [2.75, 3.05) is 4.72 Å². The fourth-order valence-electron chi connectivity index (χ4n) is 3.64. The molecule has 0 bridgehead atoms. The van der Waals surface area contributed by atoms with Gasteiger partial charge < -0.3 is 0 Å². The van der Waals surface area contributed by atoms with Gasteiger partial charge in [0.1, 0.15) is 6.04 Å². The molecule has 2 aliphatic rings. The van der Waals surface area contributed by atoms with Gasteiger partial charge in [0.05, 0.1) is 26.6 Å². The number of nitrogens with one attached hydrogen (secondary N) is 2. The van der Waals surface area contributed by atoms with Crippen LogP contribution in [0.4, 0.5) is 18.9 Å². The van der Waals surface area contributed by atoms with E-state index in [2.05, 4.69) is 4.72 Å². The van der Waals surface area contributed by atoms with Crippen LogP contribution >= 0.6 is 11.6 Å². The lowest BCUT2D eigenvalue weighted by Crippen LogP contribution is -2.54. The molecule has 9 nitrogen and oxygen atoms in total. The van der Waals surface area contributed by atoms with Crippen LogP contribution in [0.3, 0.4) is 0 Å². The van der Waals surface area contributed by atoms with E-state index in [-0.39, 0.29) is 29.7 Å². The van der Waals surface area contributed by atoms with Crippen molar-refractivity contribution in [2.24, 2.45) is 0 Å². The third kappa shape index (κ3) is 4.12. The first-order valence-electron chi connectivity index (χ1n) is 9.55. The number of alkyl halides is 3. The van der Waals surface area contributed by atoms with Gasteiger partial charge in [-0.15, -0.1) is 0 Å². The number of rotatable bonds is 4. The first kappa shape index (κ1) is 23.7. The largest absolute Gasteiger partial charge is 0.417 e. The Morgan fingerprint density at radius 3 is 2.32 bits per heavy atom. The van der Waals surface area contributed by atoms with Crippen molar-refractivity contribution in [3.05, 3.63) is 58.1 Å². The zero-order valence-corrected chi connectivity index (χ0v) is 18.3. The van der Waals surface area contributed by atoms with E-state index >= 15 is 0 Å². The predicted molar refractivity (Wildman–Crippen MR) is 110 cm³/mol. The molecule has 1 fully saturated rings. The molecule has 0 radical (unpaired) electrons. The molecule has 0 aromatic heterocycles. The van der Waals surface area contributed by atoms with Crippen LogP contribution in [-0.4, -0.2) is 43.0 Å². The fourth-order valence-corrected chi connectivity index (χ4v) is 4.94.